The topological polar surface area (TPSA) is 55.1 Å². The van der Waals surface area contributed by atoms with Gasteiger partial charge in [0.2, 0.25) is 0 Å². The van der Waals surface area contributed by atoms with Gasteiger partial charge in [0.25, 0.3) is 5.91 Å². The van der Waals surface area contributed by atoms with E-state index in [0.29, 0.717) is 16.8 Å². The van der Waals surface area contributed by atoms with Gasteiger partial charge in [0.05, 0.1) is 0 Å². The quantitative estimate of drug-likeness (QED) is 0.848. The molecule has 2 rings (SSSR count). The largest absolute Gasteiger partial charge is 0.322 e. The van der Waals surface area contributed by atoms with E-state index >= 15 is 0 Å². The third-order valence-electron chi connectivity index (χ3n) is 3.01. The van der Waals surface area contributed by atoms with Crippen LogP contribution in [0.15, 0.2) is 41.3 Å². The molecule has 0 bridgehead atoms. The molecule has 0 saturated carbocycles. The highest BCUT2D eigenvalue weighted by Crippen LogP contribution is 2.20. The van der Waals surface area contributed by atoms with Crippen molar-refractivity contribution in [2.45, 2.75) is 18.7 Å². The smallest absolute Gasteiger partial charge is 0.255 e. The fraction of sp³-hybridized carbons (Fsp3) is 0.133. The normalized spacial score (nSPS) is 10.4. The number of aryl methyl sites for hydroxylation is 2. The molecule has 0 radical (unpaired) electrons. The highest BCUT2D eigenvalue weighted by Gasteiger charge is 2.11. The van der Waals surface area contributed by atoms with Crippen molar-refractivity contribution in [1.82, 2.24) is 0 Å². The molecule has 3 nitrogen and oxygen atoms in total. The summed E-state index contributed by atoms with van der Waals surface area (Å²) < 4.78 is 13.2. The maximum absolute atomic E-state index is 13.2. The molecule has 1 amide bonds. The van der Waals surface area contributed by atoms with Crippen LogP contribution >= 0.6 is 11.9 Å². The van der Waals surface area contributed by atoms with Crippen LogP contribution in [0.5, 0.6) is 0 Å². The van der Waals surface area contributed by atoms with Crippen LogP contribution in [0.4, 0.5) is 10.1 Å². The molecule has 0 aliphatic carbocycles. The van der Waals surface area contributed by atoms with Gasteiger partial charge in [-0.3, -0.25) is 9.93 Å². The van der Waals surface area contributed by atoms with E-state index in [2.05, 4.69) is 5.32 Å². The number of benzene rings is 2. The van der Waals surface area contributed by atoms with Crippen LogP contribution in [-0.4, -0.2) is 5.91 Å². The highest BCUT2D eigenvalue weighted by atomic mass is 32.2. The summed E-state index contributed by atoms with van der Waals surface area (Å²) in [7, 11) is 0. The van der Waals surface area contributed by atoms with E-state index in [9.17, 15) is 9.18 Å². The van der Waals surface area contributed by atoms with Crippen LogP contribution in [0.2, 0.25) is 0 Å². The van der Waals surface area contributed by atoms with E-state index in [4.69, 9.17) is 5.14 Å². The van der Waals surface area contributed by atoms with E-state index in [1.165, 1.54) is 12.1 Å². The number of amides is 1. The van der Waals surface area contributed by atoms with Crippen LogP contribution in [-0.2, 0) is 0 Å². The maximum atomic E-state index is 13.2. The second-order valence-corrected chi connectivity index (χ2v) is 5.22. The molecule has 2 aromatic rings. The van der Waals surface area contributed by atoms with Crippen LogP contribution in [0.25, 0.3) is 0 Å². The van der Waals surface area contributed by atoms with Gasteiger partial charge < -0.3 is 5.32 Å². The minimum absolute atomic E-state index is 0.232. The first-order valence-electron chi connectivity index (χ1n) is 6.06. The molecule has 0 spiro atoms. The number of carbonyl (C=O) groups excluding carboxylic acids is 1. The van der Waals surface area contributed by atoms with Crippen LogP contribution < -0.4 is 10.5 Å². The van der Waals surface area contributed by atoms with Gasteiger partial charge in [-0.2, -0.15) is 0 Å². The summed E-state index contributed by atoms with van der Waals surface area (Å²) in [5, 5.41) is 8.26. The average molecular weight is 290 g/mol. The average Bonchev–Trinajstić information content (AvgIpc) is 2.43. The van der Waals surface area contributed by atoms with Crippen molar-refractivity contribution in [2.75, 3.05) is 5.32 Å². The predicted octanol–water partition coefficient (Wildman–Crippen LogP) is 3.66. The summed E-state index contributed by atoms with van der Waals surface area (Å²) in [6, 6.07) is 9.93. The molecule has 0 aliphatic rings. The van der Waals surface area contributed by atoms with Crippen LogP contribution in [0.3, 0.4) is 0 Å². The van der Waals surface area contributed by atoms with Gasteiger partial charge in [-0.15, -0.1) is 0 Å². The SMILES string of the molecule is Cc1cc(NC(=O)c2cc(SN)ccc2C)ccc1F. The monoisotopic (exact) mass is 290 g/mol. The molecule has 0 unspecified atom stereocenters. The van der Waals surface area contributed by atoms with Gasteiger partial charge >= 0.3 is 0 Å². The van der Waals surface area contributed by atoms with Crippen molar-refractivity contribution in [3.8, 4) is 0 Å². The molecule has 0 atom stereocenters. The molecule has 3 N–H and O–H groups in total. The number of halogens is 1. The van der Waals surface area contributed by atoms with Crippen LogP contribution in [0.1, 0.15) is 21.5 Å². The summed E-state index contributed by atoms with van der Waals surface area (Å²) in [6.45, 7) is 3.51. The Morgan fingerprint density at radius 3 is 2.55 bits per heavy atom. The molecular formula is C15H15FN2OS. The molecule has 0 aliphatic heterocycles. The van der Waals surface area contributed by atoms with Gasteiger partial charge in [0.1, 0.15) is 5.82 Å². The Balaban J connectivity index is 2.25. The summed E-state index contributed by atoms with van der Waals surface area (Å²) in [5.41, 5.74) is 2.48. The van der Waals surface area contributed by atoms with Crippen molar-refractivity contribution < 1.29 is 9.18 Å². The Bertz CT molecular complexity index is 658. The zero-order chi connectivity index (χ0) is 14.7. The molecule has 5 heteroatoms. The summed E-state index contributed by atoms with van der Waals surface area (Å²) in [6.07, 6.45) is 0. The lowest BCUT2D eigenvalue weighted by atomic mass is 10.1. The van der Waals surface area contributed by atoms with Gasteiger partial charge in [-0.1, -0.05) is 6.07 Å². The van der Waals surface area contributed by atoms with Gasteiger partial charge in [0, 0.05) is 16.1 Å². The zero-order valence-corrected chi connectivity index (χ0v) is 12.1. The van der Waals surface area contributed by atoms with E-state index in [-0.39, 0.29) is 11.7 Å². The fourth-order valence-electron chi connectivity index (χ4n) is 1.84. The molecule has 20 heavy (non-hydrogen) atoms. The molecule has 2 aromatic carbocycles. The van der Waals surface area contributed by atoms with E-state index in [1.54, 1.807) is 19.1 Å². The fourth-order valence-corrected chi connectivity index (χ4v) is 2.17. The molecule has 0 fully saturated rings. The van der Waals surface area contributed by atoms with E-state index in [1.807, 2.05) is 19.1 Å². The van der Waals surface area contributed by atoms with Crippen molar-refractivity contribution in [1.29, 1.82) is 0 Å². The molecule has 0 aromatic heterocycles. The minimum Gasteiger partial charge on any atom is -0.322 e. The van der Waals surface area contributed by atoms with Gasteiger partial charge in [0.15, 0.2) is 0 Å². The molecular weight excluding hydrogens is 275 g/mol. The van der Waals surface area contributed by atoms with Crippen molar-refractivity contribution in [3.63, 3.8) is 0 Å². The summed E-state index contributed by atoms with van der Waals surface area (Å²) in [4.78, 5) is 13.1. The lowest BCUT2D eigenvalue weighted by Crippen LogP contribution is -2.13. The van der Waals surface area contributed by atoms with Crippen molar-refractivity contribution in [3.05, 3.63) is 58.9 Å². The number of hydrogen-bond acceptors (Lipinski definition) is 3. The van der Waals surface area contributed by atoms with Crippen molar-refractivity contribution >= 4 is 23.5 Å². The number of anilines is 1. The molecule has 0 heterocycles. The molecule has 104 valence electrons. The third-order valence-corrected chi connectivity index (χ3v) is 3.53. The first-order chi connectivity index (χ1) is 9.51. The first kappa shape index (κ1) is 14.6. The van der Waals surface area contributed by atoms with E-state index in [0.717, 1.165) is 22.4 Å². The van der Waals surface area contributed by atoms with Gasteiger partial charge in [-0.05, 0) is 67.3 Å². The Labute approximate surface area is 121 Å². The highest BCUT2D eigenvalue weighted by molar-refractivity contribution is 7.97. The maximum Gasteiger partial charge on any atom is 0.255 e. The lowest BCUT2D eigenvalue weighted by Gasteiger charge is -2.09. The number of rotatable bonds is 3. The van der Waals surface area contributed by atoms with E-state index < -0.39 is 0 Å². The number of nitrogens with one attached hydrogen (secondary N) is 1. The summed E-state index contributed by atoms with van der Waals surface area (Å²) >= 11 is 1.09. The van der Waals surface area contributed by atoms with Gasteiger partial charge in [-0.25, -0.2) is 4.39 Å². The first-order valence-corrected chi connectivity index (χ1v) is 6.94. The molecule has 0 saturated heterocycles. The Morgan fingerprint density at radius 2 is 1.90 bits per heavy atom. The zero-order valence-electron chi connectivity index (χ0n) is 11.2. The Hall–Kier alpha value is -1.85. The predicted molar refractivity (Wildman–Crippen MR) is 80.3 cm³/mol. The third kappa shape index (κ3) is 3.18. The van der Waals surface area contributed by atoms with Crippen LogP contribution in [0, 0.1) is 19.7 Å². The second-order valence-electron chi connectivity index (χ2n) is 4.51. The minimum atomic E-state index is -0.291. The lowest BCUT2D eigenvalue weighted by molar-refractivity contribution is 0.102. The summed E-state index contributed by atoms with van der Waals surface area (Å²) in [5.74, 6) is -0.523. The van der Waals surface area contributed by atoms with Crippen molar-refractivity contribution in [2.24, 2.45) is 5.14 Å². The number of nitrogens with two attached hydrogens (primary N) is 1. The number of carbonyl (C=O) groups is 1. The second kappa shape index (κ2) is 6.07. The standard InChI is InChI=1S/C15H15FN2OS/c1-9-3-5-12(20-17)8-13(9)15(19)18-11-4-6-14(16)10(2)7-11/h3-8H,17H2,1-2H3,(H,18,19). The number of hydrogen-bond donors (Lipinski definition) is 2. The Kier molecular flexibility index (Phi) is 4.42. The Morgan fingerprint density at radius 1 is 1.15 bits per heavy atom.